The van der Waals surface area contributed by atoms with E-state index in [2.05, 4.69) is 18.3 Å². The molecule has 1 aromatic carbocycles. The Morgan fingerprint density at radius 2 is 2.17 bits per heavy atom. The van der Waals surface area contributed by atoms with Crippen molar-refractivity contribution in [2.45, 2.75) is 19.4 Å². The van der Waals surface area contributed by atoms with Crippen molar-refractivity contribution in [1.82, 2.24) is 5.32 Å². The van der Waals surface area contributed by atoms with E-state index < -0.39 is 0 Å². The van der Waals surface area contributed by atoms with Crippen molar-refractivity contribution in [1.29, 1.82) is 5.26 Å². The maximum Gasteiger partial charge on any atom is 0.245 e. The molecule has 4 nitrogen and oxygen atoms in total. The predicted octanol–water partition coefficient (Wildman–Crippen LogP) is 1.54. The number of nitrogens with one attached hydrogen (secondary N) is 1. The van der Waals surface area contributed by atoms with Crippen molar-refractivity contribution in [3.8, 4) is 6.07 Å². The van der Waals surface area contributed by atoms with Gasteiger partial charge in [-0.3, -0.25) is 4.79 Å². The summed E-state index contributed by atoms with van der Waals surface area (Å²) in [5, 5.41) is 12.0. The first-order valence-electron chi connectivity index (χ1n) is 6.19. The minimum Gasteiger partial charge on any atom is -0.311 e. The Balaban J connectivity index is 2.26. The molecule has 0 radical (unpaired) electrons. The molecule has 1 heterocycles. The zero-order valence-corrected chi connectivity index (χ0v) is 10.5. The number of rotatable bonds is 2. The molecular formula is C14H17N3O. The van der Waals surface area contributed by atoms with E-state index >= 15 is 0 Å². The van der Waals surface area contributed by atoms with Crippen LogP contribution >= 0.6 is 0 Å². The van der Waals surface area contributed by atoms with Crippen molar-refractivity contribution in [3.05, 3.63) is 30.3 Å². The molecule has 2 atom stereocenters. The molecule has 1 N–H and O–H groups in total. The minimum absolute atomic E-state index is 0.00731. The molecule has 0 bridgehead atoms. The number of benzene rings is 1. The van der Waals surface area contributed by atoms with Crippen molar-refractivity contribution in [2.75, 3.05) is 18.0 Å². The number of carbonyl (C=O) groups is 1. The van der Waals surface area contributed by atoms with Gasteiger partial charge in [0.1, 0.15) is 6.04 Å². The zero-order chi connectivity index (χ0) is 13.0. The summed E-state index contributed by atoms with van der Waals surface area (Å²) in [7, 11) is 0. The first-order valence-corrected chi connectivity index (χ1v) is 6.19. The number of nitriles is 1. The van der Waals surface area contributed by atoms with Crippen LogP contribution in [0.15, 0.2) is 30.3 Å². The molecule has 1 amide bonds. The van der Waals surface area contributed by atoms with Gasteiger partial charge in [-0.1, -0.05) is 25.1 Å². The normalized spacial score (nSPS) is 24.4. The summed E-state index contributed by atoms with van der Waals surface area (Å²) in [6, 6.07) is 11.3. The quantitative estimate of drug-likeness (QED) is 0.857. The number of carbonyl (C=O) groups excluding carboxylic acids is 1. The number of anilines is 1. The van der Waals surface area contributed by atoms with Crippen LogP contribution in [0, 0.1) is 17.2 Å². The lowest BCUT2D eigenvalue weighted by atomic mass is 10.1. The Labute approximate surface area is 107 Å². The van der Waals surface area contributed by atoms with Crippen molar-refractivity contribution in [3.63, 3.8) is 0 Å². The van der Waals surface area contributed by atoms with Gasteiger partial charge in [0.2, 0.25) is 5.91 Å². The molecule has 2 rings (SSSR count). The fourth-order valence-electron chi connectivity index (χ4n) is 2.18. The monoisotopic (exact) mass is 243 g/mol. The van der Waals surface area contributed by atoms with E-state index in [1.807, 2.05) is 30.3 Å². The summed E-state index contributed by atoms with van der Waals surface area (Å²) < 4.78 is 0. The van der Waals surface area contributed by atoms with Crippen LogP contribution in [-0.4, -0.2) is 25.0 Å². The lowest BCUT2D eigenvalue weighted by Gasteiger charge is -2.24. The molecular weight excluding hydrogens is 226 g/mol. The molecule has 4 heteroatoms. The van der Waals surface area contributed by atoms with Crippen LogP contribution in [0.1, 0.15) is 13.3 Å². The summed E-state index contributed by atoms with van der Waals surface area (Å²) in [6.45, 7) is 3.56. The van der Waals surface area contributed by atoms with E-state index in [9.17, 15) is 4.79 Å². The first kappa shape index (κ1) is 12.6. The third kappa shape index (κ3) is 2.69. The molecule has 2 unspecified atom stereocenters. The van der Waals surface area contributed by atoms with E-state index in [-0.39, 0.29) is 18.4 Å². The van der Waals surface area contributed by atoms with Crippen LogP contribution < -0.4 is 10.2 Å². The largest absolute Gasteiger partial charge is 0.311 e. The maximum absolute atomic E-state index is 12.4. The van der Waals surface area contributed by atoms with E-state index in [4.69, 9.17) is 5.26 Å². The number of hydrogen-bond donors (Lipinski definition) is 1. The summed E-state index contributed by atoms with van der Waals surface area (Å²) in [5.74, 6) is 0.366. The maximum atomic E-state index is 12.4. The smallest absolute Gasteiger partial charge is 0.245 e. The van der Waals surface area contributed by atoms with Crippen LogP contribution in [0.4, 0.5) is 5.69 Å². The molecule has 0 aliphatic carbocycles. The minimum atomic E-state index is -0.389. The van der Waals surface area contributed by atoms with Crippen LogP contribution in [0.3, 0.4) is 0 Å². The number of amides is 1. The lowest BCUT2D eigenvalue weighted by Crippen LogP contribution is -2.43. The zero-order valence-electron chi connectivity index (χ0n) is 10.5. The highest BCUT2D eigenvalue weighted by Gasteiger charge is 2.29. The predicted molar refractivity (Wildman–Crippen MR) is 70.0 cm³/mol. The molecule has 0 spiro atoms. The van der Waals surface area contributed by atoms with Gasteiger partial charge in [0.25, 0.3) is 0 Å². The lowest BCUT2D eigenvalue weighted by molar-refractivity contribution is -0.120. The fourth-order valence-corrected chi connectivity index (χ4v) is 2.18. The van der Waals surface area contributed by atoms with Gasteiger partial charge in [0, 0.05) is 18.8 Å². The van der Waals surface area contributed by atoms with E-state index in [1.165, 1.54) is 0 Å². The molecule has 18 heavy (non-hydrogen) atoms. The molecule has 0 aromatic heterocycles. The standard InChI is InChI=1S/C14H17N3O/c1-11-9-16-13(7-8-15)14(18)17(10-11)12-5-3-2-4-6-12/h2-6,11,13,16H,7,9-10H2,1H3. The van der Waals surface area contributed by atoms with E-state index in [1.54, 1.807) is 4.90 Å². The molecule has 1 aromatic rings. The molecule has 1 saturated heterocycles. The molecule has 1 aliphatic heterocycles. The summed E-state index contributed by atoms with van der Waals surface area (Å²) >= 11 is 0. The van der Waals surface area contributed by atoms with Crippen LogP contribution in [-0.2, 0) is 4.79 Å². The number of hydrogen-bond acceptors (Lipinski definition) is 3. The van der Waals surface area contributed by atoms with Crippen molar-refractivity contribution in [2.24, 2.45) is 5.92 Å². The Hall–Kier alpha value is -1.86. The van der Waals surface area contributed by atoms with Gasteiger partial charge in [-0.15, -0.1) is 0 Å². The summed E-state index contributed by atoms with van der Waals surface area (Å²) in [5.41, 5.74) is 0.904. The van der Waals surface area contributed by atoms with Crippen molar-refractivity contribution < 1.29 is 4.79 Å². The van der Waals surface area contributed by atoms with Gasteiger partial charge in [-0.2, -0.15) is 5.26 Å². The second kappa shape index (κ2) is 5.65. The van der Waals surface area contributed by atoms with E-state index in [0.29, 0.717) is 12.5 Å². The SMILES string of the molecule is CC1CNC(CC#N)C(=O)N(c2ccccc2)C1. The van der Waals surface area contributed by atoms with Gasteiger partial charge in [0.05, 0.1) is 12.5 Å². The molecule has 0 saturated carbocycles. The highest BCUT2D eigenvalue weighted by molar-refractivity contribution is 5.97. The third-order valence-electron chi connectivity index (χ3n) is 3.13. The fraction of sp³-hybridized carbons (Fsp3) is 0.429. The van der Waals surface area contributed by atoms with Crippen LogP contribution in [0.5, 0.6) is 0 Å². The second-order valence-corrected chi connectivity index (χ2v) is 4.71. The molecule has 94 valence electrons. The Kier molecular flexibility index (Phi) is 3.96. The Morgan fingerprint density at radius 1 is 1.44 bits per heavy atom. The summed E-state index contributed by atoms with van der Waals surface area (Å²) in [4.78, 5) is 14.2. The average molecular weight is 243 g/mol. The van der Waals surface area contributed by atoms with Crippen LogP contribution in [0.25, 0.3) is 0 Å². The first-order chi connectivity index (χ1) is 8.72. The molecule has 1 fully saturated rings. The highest BCUT2D eigenvalue weighted by Crippen LogP contribution is 2.19. The topological polar surface area (TPSA) is 56.1 Å². The van der Waals surface area contributed by atoms with Crippen LogP contribution in [0.2, 0.25) is 0 Å². The Morgan fingerprint density at radius 3 is 2.83 bits per heavy atom. The summed E-state index contributed by atoms with van der Waals surface area (Å²) in [6.07, 6.45) is 0.217. The highest BCUT2D eigenvalue weighted by atomic mass is 16.2. The molecule has 1 aliphatic rings. The van der Waals surface area contributed by atoms with E-state index in [0.717, 1.165) is 12.2 Å². The van der Waals surface area contributed by atoms with Gasteiger partial charge in [-0.25, -0.2) is 0 Å². The average Bonchev–Trinajstić information content (AvgIpc) is 2.53. The number of nitrogens with zero attached hydrogens (tertiary/aromatic N) is 2. The Bertz CT molecular complexity index is 452. The van der Waals surface area contributed by atoms with Gasteiger partial charge >= 0.3 is 0 Å². The second-order valence-electron chi connectivity index (χ2n) is 4.71. The van der Waals surface area contributed by atoms with Crippen molar-refractivity contribution >= 4 is 11.6 Å². The van der Waals surface area contributed by atoms with Gasteiger partial charge in [0.15, 0.2) is 0 Å². The van der Waals surface area contributed by atoms with Gasteiger partial charge in [-0.05, 0) is 18.1 Å². The third-order valence-corrected chi connectivity index (χ3v) is 3.13. The number of para-hydroxylation sites is 1. The van der Waals surface area contributed by atoms with Gasteiger partial charge < -0.3 is 10.2 Å².